The molecule has 2 fully saturated rings. The number of amides is 3. The molecule has 3 unspecified atom stereocenters. The van der Waals surface area contributed by atoms with Crippen molar-refractivity contribution < 1.29 is 9.59 Å². The summed E-state index contributed by atoms with van der Waals surface area (Å²) in [7, 11) is 1.50. The van der Waals surface area contributed by atoms with Gasteiger partial charge in [-0.3, -0.25) is 10.1 Å². The molecule has 1 heterocycles. The highest BCUT2D eigenvalue weighted by atomic mass is 16.2. The number of carbonyl (C=O) groups excluding carboxylic acids is 2. The maximum Gasteiger partial charge on any atom is 0.321 e. The highest BCUT2D eigenvalue weighted by molar-refractivity contribution is 5.94. The van der Waals surface area contributed by atoms with E-state index in [1.165, 1.54) is 19.9 Å². The standard InChI is InChI=1S/C13H24N4O2/c1-15-13(19)16-12(18)5-6-17-7-9-3-2-4-11(14)10(9)8-17/h9-11H,2-8,14H2,1H3,(H2,15,16,18,19). The molecule has 2 rings (SSSR count). The van der Waals surface area contributed by atoms with E-state index >= 15 is 0 Å². The van der Waals surface area contributed by atoms with Crippen LogP contribution < -0.4 is 16.4 Å². The minimum atomic E-state index is -0.442. The molecule has 0 radical (unpaired) electrons. The fourth-order valence-corrected chi connectivity index (χ4v) is 3.30. The van der Waals surface area contributed by atoms with Gasteiger partial charge in [-0.2, -0.15) is 0 Å². The number of fused-ring (bicyclic) bond motifs is 1. The number of rotatable bonds is 3. The summed E-state index contributed by atoms with van der Waals surface area (Å²) >= 11 is 0. The van der Waals surface area contributed by atoms with Crippen LogP contribution in [0.25, 0.3) is 0 Å². The lowest BCUT2D eigenvalue weighted by molar-refractivity contribution is -0.120. The Kier molecular flexibility index (Phi) is 4.76. The van der Waals surface area contributed by atoms with Crippen LogP contribution in [0.2, 0.25) is 0 Å². The first-order chi connectivity index (χ1) is 9.10. The second kappa shape index (κ2) is 6.34. The van der Waals surface area contributed by atoms with Crippen molar-refractivity contribution in [2.75, 3.05) is 26.7 Å². The van der Waals surface area contributed by atoms with Crippen LogP contribution in [0, 0.1) is 11.8 Å². The van der Waals surface area contributed by atoms with Gasteiger partial charge in [-0.1, -0.05) is 6.42 Å². The molecule has 1 aliphatic heterocycles. The number of nitrogens with two attached hydrogens (primary N) is 1. The molecule has 2 aliphatic rings. The normalized spacial score (nSPS) is 30.7. The highest BCUT2D eigenvalue weighted by Gasteiger charge is 2.38. The number of urea groups is 1. The van der Waals surface area contributed by atoms with Gasteiger partial charge in [0.2, 0.25) is 5.91 Å². The SMILES string of the molecule is CNC(=O)NC(=O)CCN1CC2CCCC(N)C2C1. The van der Waals surface area contributed by atoms with Crippen LogP contribution in [0.1, 0.15) is 25.7 Å². The van der Waals surface area contributed by atoms with Gasteiger partial charge in [0.05, 0.1) is 0 Å². The van der Waals surface area contributed by atoms with Crippen molar-refractivity contribution in [2.24, 2.45) is 17.6 Å². The zero-order chi connectivity index (χ0) is 13.8. The smallest absolute Gasteiger partial charge is 0.321 e. The number of carbonyl (C=O) groups is 2. The van der Waals surface area contributed by atoms with Gasteiger partial charge in [-0.05, 0) is 24.7 Å². The Balaban J connectivity index is 1.73. The van der Waals surface area contributed by atoms with Gasteiger partial charge in [-0.15, -0.1) is 0 Å². The lowest BCUT2D eigenvalue weighted by atomic mass is 9.78. The van der Waals surface area contributed by atoms with Crippen LogP contribution in [0.5, 0.6) is 0 Å². The van der Waals surface area contributed by atoms with Crippen LogP contribution in [0.3, 0.4) is 0 Å². The Labute approximate surface area is 114 Å². The van der Waals surface area contributed by atoms with Gasteiger partial charge < -0.3 is 16.0 Å². The molecular formula is C13H24N4O2. The Morgan fingerprint density at radius 3 is 2.79 bits per heavy atom. The summed E-state index contributed by atoms with van der Waals surface area (Å²) < 4.78 is 0. The van der Waals surface area contributed by atoms with Gasteiger partial charge in [0.15, 0.2) is 0 Å². The van der Waals surface area contributed by atoms with E-state index in [2.05, 4.69) is 15.5 Å². The average molecular weight is 268 g/mol. The first-order valence-corrected chi connectivity index (χ1v) is 7.09. The molecule has 3 atom stereocenters. The summed E-state index contributed by atoms with van der Waals surface area (Å²) in [4.78, 5) is 24.8. The largest absolute Gasteiger partial charge is 0.341 e. The predicted octanol–water partition coefficient (Wildman–Crippen LogP) is -0.109. The highest BCUT2D eigenvalue weighted by Crippen LogP contribution is 2.35. The lowest BCUT2D eigenvalue weighted by Crippen LogP contribution is -2.39. The van der Waals surface area contributed by atoms with E-state index in [1.54, 1.807) is 0 Å². The Morgan fingerprint density at radius 2 is 2.11 bits per heavy atom. The summed E-state index contributed by atoms with van der Waals surface area (Å²) in [5.41, 5.74) is 6.16. The van der Waals surface area contributed by atoms with E-state index in [0.29, 0.717) is 30.8 Å². The summed E-state index contributed by atoms with van der Waals surface area (Å²) in [6.45, 7) is 2.76. The monoisotopic (exact) mass is 268 g/mol. The number of nitrogens with one attached hydrogen (secondary N) is 2. The maximum absolute atomic E-state index is 11.5. The number of imide groups is 1. The first-order valence-electron chi connectivity index (χ1n) is 7.09. The van der Waals surface area contributed by atoms with E-state index in [-0.39, 0.29) is 5.91 Å². The maximum atomic E-state index is 11.5. The molecule has 108 valence electrons. The van der Waals surface area contributed by atoms with E-state index < -0.39 is 6.03 Å². The molecule has 6 heteroatoms. The second-order valence-corrected chi connectivity index (χ2v) is 5.66. The van der Waals surface area contributed by atoms with Crippen molar-refractivity contribution in [3.8, 4) is 0 Å². The van der Waals surface area contributed by atoms with E-state index in [9.17, 15) is 9.59 Å². The number of hydrogen-bond acceptors (Lipinski definition) is 4. The van der Waals surface area contributed by atoms with Crippen LogP contribution in [-0.4, -0.2) is 49.6 Å². The third-order valence-electron chi connectivity index (χ3n) is 4.36. The van der Waals surface area contributed by atoms with E-state index in [4.69, 9.17) is 5.73 Å². The van der Waals surface area contributed by atoms with Gasteiger partial charge in [-0.25, -0.2) is 4.79 Å². The molecule has 0 aromatic carbocycles. The molecule has 3 amide bonds. The summed E-state index contributed by atoms with van der Waals surface area (Å²) in [5, 5.41) is 4.65. The summed E-state index contributed by atoms with van der Waals surface area (Å²) in [5.74, 6) is 1.07. The fourth-order valence-electron chi connectivity index (χ4n) is 3.30. The van der Waals surface area contributed by atoms with Crippen LogP contribution in [0.4, 0.5) is 4.79 Å². The van der Waals surface area contributed by atoms with Crippen molar-refractivity contribution in [2.45, 2.75) is 31.7 Å². The topological polar surface area (TPSA) is 87.5 Å². The summed E-state index contributed by atoms with van der Waals surface area (Å²) in [6, 6.07) is -0.120. The summed E-state index contributed by atoms with van der Waals surface area (Å²) in [6.07, 6.45) is 3.99. The van der Waals surface area contributed by atoms with Gasteiger partial charge in [0.25, 0.3) is 0 Å². The quantitative estimate of drug-likeness (QED) is 0.666. The van der Waals surface area contributed by atoms with Crippen LogP contribution in [-0.2, 0) is 4.79 Å². The van der Waals surface area contributed by atoms with Crippen molar-refractivity contribution in [3.05, 3.63) is 0 Å². The Hall–Kier alpha value is -1.14. The zero-order valence-electron chi connectivity index (χ0n) is 11.5. The second-order valence-electron chi connectivity index (χ2n) is 5.66. The molecule has 4 N–H and O–H groups in total. The average Bonchev–Trinajstić information content (AvgIpc) is 2.81. The Morgan fingerprint density at radius 1 is 1.32 bits per heavy atom. The third kappa shape index (κ3) is 3.67. The minimum absolute atomic E-state index is 0.224. The predicted molar refractivity (Wildman–Crippen MR) is 72.5 cm³/mol. The molecular weight excluding hydrogens is 244 g/mol. The van der Waals surface area contributed by atoms with Crippen molar-refractivity contribution in [1.29, 1.82) is 0 Å². The molecule has 1 saturated carbocycles. The van der Waals surface area contributed by atoms with Gasteiger partial charge in [0.1, 0.15) is 0 Å². The van der Waals surface area contributed by atoms with Crippen molar-refractivity contribution in [1.82, 2.24) is 15.5 Å². The number of hydrogen-bond donors (Lipinski definition) is 3. The third-order valence-corrected chi connectivity index (χ3v) is 4.36. The molecule has 19 heavy (non-hydrogen) atoms. The number of nitrogens with zero attached hydrogens (tertiary/aromatic N) is 1. The molecule has 1 aliphatic carbocycles. The zero-order valence-corrected chi connectivity index (χ0v) is 11.5. The molecule has 0 aromatic rings. The van der Waals surface area contributed by atoms with Crippen LogP contribution in [0.15, 0.2) is 0 Å². The van der Waals surface area contributed by atoms with Gasteiger partial charge >= 0.3 is 6.03 Å². The molecule has 0 spiro atoms. The van der Waals surface area contributed by atoms with Crippen molar-refractivity contribution >= 4 is 11.9 Å². The Bertz CT molecular complexity index is 348. The first kappa shape index (κ1) is 14.3. The van der Waals surface area contributed by atoms with Gasteiger partial charge in [0, 0.05) is 39.1 Å². The lowest BCUT2D eigenvalue weighted by Gasteiger charge is -2.29. The molecule has 1 saturated heterocycles. The minimum Gasteiger partial charge on any atom is -0.341 e. The molecule has 0 bridgehead atoms. The molecule has 0 aromatic heterocycles. The van der Waals surface area contributed by atoms with Crippen LogP contribution >= 0.6 is 0 Å². The van der Waals surface area contributed by atoms with Crippen molar-refractivity contribution in [3.63, 3.8) is 0 Å². The van der Waals surface area contributed by atoms with E-state index in [0.717, 1.165) is 19.5 Å². The molecule has 6 nitrogen and oxygen atoms in total. The number of likely N-dealkylation sites (tertiary alicyclic amines) is 1. The fraction of sp³-hybridized carbons (Fsp3) is 0.846. The van der Waals surface area contributed by atoms with E-state index in [1.807, 2.05) is 0 Å².